The Morgan fingerprint density at radius 2 is 2.08 bits per heavy atom. The molecule has 0 saturated carbocycles. The molecule has 1 aromatic carbocycles. The number of para-hydroxylation sites is 1. The average Bonchev–Trinajstić information content (AvgIpc) is 2.39. The van der Waals surface area contributed by atoms with Gasteiger partial charge in [0.2, 0.25) is 0 Å². The number of hydrogen-bond acceptors (Lipinski definition) is 2. The Morgan fingerprint density at radius 3 is 2.69 bits per heavy atom. The highest BCUT2D eigenvalue weighted by Crippen LogP contribution is 2.39. The van der Waals surface area contributed by atoms with Crippen LogP contribution in [0.4, 0.5) is 5.69 Å². The Balaban J connectivity index is 2.47. The van der Waals surface area contributed by atoms with Gasteiger partial charge in [0.25, 0.3) is 0 Å². The van der Waals surface area contributed by atoms with Crippen molar-refractivity contribution in [2.75, 3.05) is 11.9 Å². The minimum atomic E-state index is 0.158. The average molecular weight is 176 g/mol. The van der Waals surface area contributed by atoms with E-state index in [1.54, 1.807) is 0 Å². The van der Waals surface area contributed by atoms with Gasteiger partial charge in [0.15, 0.2) is 0 Å². The molecule has 0 fully saturated rings. The van der Waals surface area contributed by atoms with Gasteiger partial charge in [0, 0.05) is 23.7 Å². The first-order chi connectivity index (χ1) is 6.16. The van der Waals surface area contributed by atoms with Gasteiger partial charge in [-0.05, 0) is 11.6 Å². The molecule has 70 valence electrons. The minimum absolute atomic E-state index is 0.158. The van der Waals surface area contributed by atoms with Gasteiger partial charge in [-0.3, -0.25) is 0 Å². The van der Waals surface area contributed by atoms with Crippen LogP contribution in [0.2, 0.25) is 0 Å². The lowest BCUT2D eigenvalue weighted by molar-refractivity contribution is 0.466. The smallest absolute Gasteiger partial charge is 0.0475 e. The molecule has 0 bridgehead atoms. The van der Waals surface area contributed by atoms with Crippen LogP contribution in [-0.4, -0.2) is 12.6 Å². The maximum atomic E-state index is 5.73. The van der Waals surface area contributed by atoms with Crippen LogP contribution in [0.1, 0.15) is 19.4 Å². The quantitative estimate of drug-likeness (QED) is 0.683. The van der Waals surface area contributed by atoms with Crippen LogP contribution in [0.15, 0.2) is 24.3 Å². The summed E-state index contributed by atoms with van der Waals surface area (Å²) in [6.07, 6.45) is 0. The predicted octanol–water partition coefficient (Wildman–Crippen LogP) is 1.72. The first-order valence-corrected chi connectivity index (χ1v) is 4.72. The van der Waals surface area contributed by atoms with Crippen LogP contribution in [0, 0.1) is 0 Å². The fraction of sp³-hybridized carbons (Fsp3) is 0.455. The Bertz CT molecular complexity index is 318. The molecule has 0 spiro atoms. The van der Waals surface area contributed by atoms with E-state index in [1.807, 2.05) is 0 Å². The molecule has 1 aliphatic heterocycles. The van der Waals surface area contributed by atoms with E-state index < -0.39 is 0 Å². The summed E-state index contributed by atoms with van der Waals surface area (Å²) in [6, 6.07) is 8.80. The molecule has 0 aromatic heterocycles. The third-order valence-electron chi connectivity index (χ3n) is 3.06. The zero-order valence-corrected chi connectivity index (χ0v) is 8.17. The summed E-state index contributed by atoms with van der Waals surface area (Å²) in [5.74, 6) is 0. The maximum absolute atomic E-state index is 5.73. The molecule has 2 heteroatoms. The number of hydrogen-bond donors (Lipinski definition) is 2. The van der Waals surface area contributed by atoms with E-state index in [2.05, 4.69) is 43.4 Å². The van der Waals surface area contributed by atoms with E-state index in [0.29, 0.717) is 12.6 Å². The van der Waals surface area contributed by atoms with E-state index in [1.165, 1.54) is 11.3 Å². The molecule has 1 aliphatic rings. The van der Waals surface area contributed by atoms with Gasteiger partial charge in [-0.2, -0.15) is 0 Å². The second-order valence-electron chi connectivity index (χ2n) is 4.20. The molecular formula is C11H16N2. The SMILES string of the molecule is CC1(C)c2ccccc2NC1CN. The topological polar surface area (TPSA) is 38.0 Å². The van der Waals surface area contributed by atoms with Crippen LogP contribution >= 0.6 is 0 Å². The molecule has 1 atom stereocenters. The van der Waals surface area contributed by atoms with Gasteiger partial charge < -0.3 is 11.1 Å². The van der Waals surface area contributed by atoms with Crippen molar-refractivity contribution in [3.8, 4) is 0 Å². The van der Waals surface area contributed by atoms with E-state index in [-0.39, 0.29) is 5.41 Å². The first kappa shape index (κ1) is 8.57. The second kappa shape index (κ2) is 2.74. The summed E-state index contributed by atoms with van der Waals surface area (Å²) in [4.78, 5) is 0. The number of benzene rings is 1. The monoisotopic (exact) mass is 176 g/mol. The third kappa shape index (κ3) is 1.13. The van der Waals surface area contributed by atoms with E-state index in [4.69, 9.17) is 5.73 Å². The lowest BCUT2D eigenvalue weighted by atomic mass is 9.81. The molecule has 0 saturated heterocycles. The van der Waals surface area contributed by atoms with Crippen molar-refractivity contribution in [2.24, 2.45) is 5.73 Å². The van der Waals surface area contributed by atoms with E-state index in [9.17, 15) is 0 Å². The number of fused-ring (bicyclic) bond motifs is 1. The Labute approximate surface area is 79.1 Å². The van der Waals surface area contributed by atoms with Gasteiger partial charge in [0.05, 0.1) is 0 Å². The van der Waals surface area contributed by atoms with Crippen LogP contribution < -0.4 is 11.1 Å². The molecule has 2 rings (SSSR count). The van der Waals surface area contributed by atoms with Crippen molar-refractivity contribution < 1.29 is 0 Å². The van der Waals surface area contributed by atoms with Crippen LogP contribution in [-0.2, 0) is 5.41 Å². The summed E-state index contributed by atoms with van der Waals surface area (Å²) >= 11 is 0. The fourth-order valence-electron chi connectivity index (χ4n) is 2.08. The molecule has 3 N–H and O–H groups in total. The molecule has 1 heterocycles. The van der Waals surface area contributed by atoms with Gasteiger partial charge in [-0.15, -0.1) is 0 Å². The van der Waals surface area contributed by atoms with Crippen LogP contribution in [0.3, 0.4) is 0 Å². The zero-order valence-electron chi connectivity index (χ0n) is 8.17. The number of nitrogens with one attached hydrogen (secondary N) is 1. The Kier molecular flexibility index (Phi) is 1.81. The molecule has 0 radical (unpaired) electrons. The van der Waals surface area contributed by atoms with Gasteiger partial charge in [0.1, 0.15) is 0 Å². The third-order valence-corrected chi connectivity index (χ3v) is 3.06. The molecule has 2 nitrogen and oxygen atoms in total. The Morgan fingerprint density at radius 1 is 1.38 bits per heavy atom. The summed E-state index contributed by atoms with van der Waals surface area (Å²) in [6.45, 7) is 5.16. The minimum Gasteiger partial charge on any atom is -0.380 e. The fourth-order valence-corrected chi connectivity index (χ4v) is 2.08. The van der Waals surface area contributed by atoms with Gasteiger partial charge in [-0.25, -0.2) is 0 Å². The zero-order chi connectivity index (χ0) is 9.47. The molecule has 0 amide bonds. The molecule has 1 aromatic rings. The summed E-state index contributed by atoms with van der Waals surface area (Å²) in [5, 5.41) is 3.45. The van der Waals surface area contributed by atoms with Crippen LogP contribution in [0.5, 0.6) is 0 Å². The van der Waals surface area contributed by atoms with E-state index >= 15 is 0 Å². The molecular weight excluding hydrogens is 160 g/mol. The summed E-state index contributed by atoms with van der Waals surface area (Å²) in [5.41, 5.74) is 8.50. The predicted molar refractivity (Wildman–Crippen MR) is 55.9 cm³/mol. The van der Waals surface area contributed by atoms with Crippen molar-refractivity contribution in [1.82, 2.24) is 0 Å². The van der Waals surface area contributed by atoms with Crippen molar-refractivity contribution in [3.05, 3.63) is 29.8 Å². The largest absolute Gasteiger partial charge is 0.380 e. The number of nitrogens with two attached hydrogens (primary N) is 1. The van der Waals surface area contributed by atoms with Crippen molar-refractivity contribution >= 4 is 5.69 Å². The van der Waals surface area contributed by atoms with Crippen molar-refractivity contribution in [3.63, 3.8) is 0 Å². The van der Waals surface area contributed by atoms with E-state index in [0.717, 1.165) is 0 Å². The summed E-state index contributed by atoms with van der Waals surface area (Å²) in [7, 11) is 0. The Hall–Kier alpha value is -1.02. The number of anilines is 1. The molecule has 13 heavy (non-hydrogen) atoms. The first-order valence-electron chi connectivity index (χ1n) is 4.72. The standard InChI is InChI=1S/C11H16N2/c1-11(2)8-5-3-4-6-9(8)13-10(11)7-12/h3-6,10,13H,7,12H2,1-2H3. The molecule has 0 aliphatic carbocycles. The van der Waals surface area contributed by atoms with Crippen molar-refractivity contribution in [1.29, 1.82) is 0 Å². The van der Waals surface area contributed by atoms with Gasteiger partial charge in [-0.1, -0.05) is 32.0 Å². The highest BCUT2D eigenvalue weighted by molar-refractivity contribution is 5.61. The second-order valence-corrected chi connectivity index (χ2v) is 4.20. The highest BCUT2D eigenvalue weighted by atomic mass is 15.0. The maximum Gasteiger partial charge on any atom is 0.0475 e. The van der Waals surface area contributed by atoms with Crippen LogP contribution in [0.25, 0.3) is 0 Å². The highest BCUT2D eigenvalue weighted by Gasteiger charge is 2.37. The normalized spacial score (nSPS) is 23.8. The van der Waals surface area contributed by atoms with Gasteiger partial charge >= 0.3 is 0 Å². The summed E-state index contributed by atoms with van der Waals surface area (Å²) < 4.78 is 0. The number of rotatable bonds is 1. The van der Waals surface area contributed by atoms with Crippen molar-refractivity contribution in [2.45, 2.75) is 25.3 Å². The lowest BCUT2D eigenvalue weighted by Crippen LogP contribution is -2.39. The lowest BCUT2D eigenvalue weighted by Gasteiger charge is -2.26. The molecule has 1 unspecified atom stereocenters.